The molecule has 1 N–H and O–H groups in total. The second kappa shape index (κ2) is 7.28. The van der Waals surface area contributed by atoms with Crippen LogP contribution in [0.5, 0.6) is 0 Å². The lowest BCUT2D eigenvalue weighted by Gasteiger charge is -2.29. The summed E-state index contributed by atoms with van der Waals surface area (Å²) in [7, 11) is 0. The smallest absolute Gasteiger partial charge is 0.226 e. The SMILES string of the molecule is CCCCN(CC1CCCN1)C(=O)C1CCCC1C. The third kappa shape index (κ3) is 3.95. The molecular weight excluding hydrogens is 236 g/mol. The lowest BCUT2D eigenvalue weighted by Crippen LogP contribution is -2.44. The van der Waals surface area contributed by atoms with Gasteiger partial charge in [-0.2, -0.15) is 0 Å². The van der Waals surface area contributed by atoms with Gasteiger partial charge >= 0.3 is 0 Å². The zero-order valence-electron chi connectivity index (χ0n) is 12.7. The summed E-state index contributed by atoms with van der Waals surface area (Å²) < 4.78 is 0. The Morgan fingerprint density at radius 2 is 2.11 bits per heavy atom. The first-order chi connectivity index (χ1) is 9.22. The number of rotatable bonds is 6. The van der Waals surface area contributed by atoms with E-state index in [0.717, 1.165) is 32.5 Å². The van der Waals surface area contributed by atoms with Gasteiger partial charge in [0.1, 0.15) is 0 Å². The first-order valence-corrected chi connectivity index (χ1v) is 8.24. The van der Waals surface area contributed by atoms with Gasteiger partial charge < -0.3 is 10.2 Å². The summed E-state index contributed by atoms with van der Waals surface area (Å²) in [6, 6.07) is 0.539. The summed E-state index contributed by atoms with van der Waals surface area (Å²) in [6.07, 6.45) is 8.39. The van der Waals surface area contributed by atoms with Crippen LogP contribution in [0.3, 0.4) is 0 Å². The van der Waals surface area contributed by atoms with Gasteiger partial charge in [0, 0.05) is 25.0 Å². The van der Waals surface area contributed by atoms with Crippen molar-refractivity contribution in [3.63, 3.8) is 0 Å². The number of carbonyl (C=O) groups is 1. The van der Waals surface area contributed by atoms with Crippen LogP contribution in [0.15, 0.2) is 0 Å². The van der Waals surface area contributed by atoms with Crippen LogP contribution >= 0.6 is 0 Å². The molecule has 0 radical (unpaired) electrons. The molecule has 0 aromatic heterocycles. The van der Waals surface area contributed by atoms with Gasteiger partial charge in [0.15, 0.2) is 0 Å². The Bertz CT molecular complexity index is 286. The fourth-order valence-electron chi connectivity index (χ4n) is 3.57. The maximum Gasteiger partial charge on any atom is 0.226 e. The minimum absolute atomic E-state index is 0.304. The highest BCUT2D eigenvalue weighted by Crippen LogP contribution is 2.32. The first kappa shape index (κ1) is 14.8. The molecule has 0 bridgehead atoms. The molecule has 1 heterocycles. The Balaban J connectivity index is 1.92. The molecule has 2 aliphatic rings. The molecule has 2 fully saturated rings. The van der Waals surface area contributed by atoms with E-state index < -0.39 is 0 Å². The average molecular weight is 266 g/mol. The Morgan fingerprint density at radius 3 is 2.68 bits per heavy atom. The van der Waals surface area contributed by atoms with Crippen molar-refractivity contribution in [3.8, 4) is 0 Å². The number of nitrogens with zero attached hydrogens (tertiary/aromatic N) is 1. The molecule has 2 rings (SSSR count). The molecule has 1 amide bonds. The second-order valence-corrected chi connectivity index (χ2v) is 6.45. The molecule has 1 saturated heterocycles. The van der Waals surface area contributed by atoms with Crippen LogP contribution in [0.2, 0.25) is 0 Å². The quantitative estimate of drug-likeness (QED) is 0.802. The summed E-state index contributed by atoms with van der Waals surface area (Å²) in [5, 5.41) is 3.53. The first-order valence-electron chi connectivity index (χ1n) is 8.24. The number of hydrogen-bond donors (Lipinski definition) is 1. The topological polar surface area (TPSA) is 32.3 Å². The summed E-state index contributed by atoms with van der Waals surface area (Å²) in [4.78, 5) is 14.9. The van der Waals surface area contributed by atoms with Gasteiger partial charge in [-0.25, -0.2) is 0 Å². The van der Waals surface area contributed by atoms with Crippen LogP contribution < -0.4 is 5.32 Å². The van der Waals surface area contributed by atoms with Crippen LogP contribution in [-0.2, 0) is 4.79 Å². The van der Waals surface area contributed by atoms with E-state index in [-0.39, 0.29) is 0 Å². The van der Waals surface area contributed by atoms with Gasteiger partial charge in [0.25, 0.3) is 0 Å². The monoisotopic (exact) mass is 266 g/mol. The lowest BCUT2D eigenvalue weighted by molar-refractivity contribution is -0.137. The van der Waals surface area contributed by atoms with Crippen molar-refractivity contribution in [1.29, 1.82) is 0 Å². The highest BCUT2D eigenvalue weighted by molar-refractivity contribution is 5.79. The fraction of sp³-hybridized carbons (Fsp3) is 0.938. The third-order valence-corrected chi connectivity index (χ3v) is 4.88. The van der Waals surface area contributed by atoms with Gasteiger partial charge in [-0.05, 0) is 44.6 Å². The van der Waals surface area contributed by atoms with E-state index in [1.165, 1.54) is 32.1 Å². The van der Waals surface area contributed by atoms with Crippen LogP contribution in [0.4, 0.5) is 0 Å². The van der Waals surface area contributed by atoms with Crippen molar-refractivity contribution in [2.45, 2.75) is 64.8 Å². The predicted molar refractivity (Wildman–Crippen MR) is 79.0 cm³/mol. The van der Waals surface area contributed by atoms with Gasteiger partial charge in [-0.3, -0.25) is 4.79 Å². The number of carbonyl (C=O) groups excluding carboxylic acids is 1. The van der Waals surface area contributed by atoms with Gasteiger partial charge in [-0.1, -0.05) is 26.7 Å². The molecule has 1 aliphatic carbocycles. The van der Waals surface area contributed by atoms with Crippen molar-refractivity contribution in [1.82, 2.24) is 10.2 Å². The van der Waals surface area contributed by atoms with Crippen LogP contribution in [0.25, 0.3) is 0 Å². The van der Waals surface area contributed by atoms with Crippen molar-refractivity contribution >= 4 is 5.91 Å². The van der Waals surface area contributed by atoms with Crippen molar-refractivity contribution < 1.29 is 4.79 Å². The molecule has 3 unspecified atom stereocenters. The maximum absolute atomic E-state index is 12.7. The molecule has 1 saturated carbocycles. The van der Waals surface area contributed by atoms with E-state index in [1.54, 1.807) is 0 Å². The van der Waals surface area contributed by atoms with Gasteiger partial charge in [0.05, 0.1) is 0 Å². The van der Waals surface area contributed by atoms with E-state index in [1.807, 2.05) is 0 Å². The minimum atomic E-state index is 0.304. The van der Waals surface area contributed by atoms with E-state index >= 15 is 0 Å². The molecule has 19 heavy (non-hydrogen) atoms. The fourth-order valence-corrected chi connectivity index (χ4v) is 3.57. The van der Waals surface area contributed by atoms with E-state index in [4.69, 9.17) is 0 Å². The number of nitrogens with one attached hydrogen (secondary N) is 1. The third-order valence-electron chi connectivity index (χ3n) is 4.88. The van der Waals surface area contributed by atoms with Crippen molar-refractivity contribution in [2.24, 2.45) is 11.8 Å². The molecule has 0 aromatic rings. The number of hydrogen-bond acceptors (Lipinski definition) is 2. The second-order valence-electron chi connectivity index (χ2n) is 6.45. The molecule has 110 valence electrons. The standard InChI is InChI=1S/C16H30N2O/c1-3-4-11-18(12-14-8-6-10-17-14)16(19)15-9-5-7-13(15)2/h13-15,17H,3-12H2,1-2H3. The molecule has 3 atom stereocenters. The summed E-state index contributed by atoms with van der Waals surface area (Å²) in [5.41, 5.74) is 0. The molecule has 3 heteroatoms. The Kier molecular flexibility index (Phi) is 5.68. The van der Waals surface area contributed by atoms with Gasteiger partial charge in [0.2, 0.25) is 5.91 Å². The zero-order valence-corrected chi connectivity index (χ0v) is 12.7. The van der Waals surface area contributed by atoms with Crippen molar-refractivity contribution in [3.05, 3.63) is 0 Å². The Morgan fingerprint density at radius 1 is 1.26 bits per heavy atom. The van der Waals surface area contributed by atoms with E-state index in [0.29, 0.717) is 23.8 Å². The van der Waals surface area contributed by atoms with Crippen LogP contribution in [0, 0.1) is 11.8 Å². The number of amides is 1. The summed E-state index contributed by atoms with van der Waals surface area (Å²) in [5.74, 6) is 1.33. The molecule has 3 nitrogen and oxygen atoms in total. The molecule has 1 aliphatic heterocycles. The van der Waals surface area contributed by atoms with Gasteiger partial charge in [-0.15, -0.1) is 0 Å². The normalized spacial score (nSPS) is 30.7. The minimum Gasteiger partial charge on any atom is -0.341 e. The highest BCUT2D eigenvalue weighted by Gasteiger charge is 2.33. The predicted octanol–water partition coefficient (Wildman–Crippen LogP) is 2.80. The average Bonchev–Trinajstić information content (AvgIpc) is 3.05. The molecule has 0 aromatic carbocycles. The van der Waals surface area contributed by atoms with E-state index in [2.05, 4.69) is 24.1 Å². The Labute approximate surface area is 118 Å². The highest BCUT2D eigenvalue weighted by atomic mass is 16.2. The molecule has 0 spiro atoms. The van der Waals surface area contributed by atoms with E-state index in [9.17, 15) is 4.79 Å². The number of unbranched alkanes of at least 4 members (excludes halogenated alkanes) is 1. The van der Waals surface area contributed by atoms with Crippen LogP contribution in [-0.4, -0.2) is 36.5 Å². The summed E-state index contributed by atoms with van der Waals surface area (Å²) >= 11 is 0. The van der Waals surface area contributed by atoms with Crippen molar-refractivity contribution in [2.75, 3.05) is 19.6 Å². The summed E-state index contributed by atoms with van der Waals surface area (Å²) in [6.45, 7) is 7.47. The lowest BCUT2D eigenvalue weighted by atomic mass is 9.96. The van der Waals surface area contributed by atoms with Crippen LogP contribution in [0.1, 0.15) is 58.8 Å². The maximum atomic E-state index is 12.7. The zero-order chi connectivity index (χ0) is 13.7. The largest absolute Gasteiger partial charge is 0.341 e. The Hall–Kier alpha value is -0.570. The molecular formula is C16H30N2O.